The number of carbonyl (C=O) groups excluding carboxylic acids is 2. The Hall–Kier alpha value is -2.81. The second-order valence-corrected chi connectivity index (χ2v) is 11.0. The molecule has 1 aromatic heterocycles. The molecule has 0 saturated carbocycles. The van der Waals surface area contributed by atoms with Crippen LogP contribution in [0.25, 0.3) is 17.0 Å². The van der Waals surface area contributed by atoms with Gasteiger partial charge in [-0.2, -0.15) is 0 Å². The Kier molecular flexibility index (Phi) is 7.60. The first-order valence-electron chi connectivity index (χ1n) is 11.1. The van der Waals surface area contributed by atoms with Crippen molar-refractivity contribution in [1.29, 1.82) is 0 Å². The zero-order valence-electron chi connectivity index (χ0n) is 19.1. The van der Waals surface area contributed by atoms with E-state index in [9.17, 15) is 9.59 Å². The van der Waals surface area contributed by atoms with Gasteiger partial charge >= 0.3 is 0 Å². The molecule has 1 aliphatic heterocycles. The van der Waals surface area contributed by atoms with Gasteiger partial charge in [-0.25, -0.2) is 0 Å². The maximum absolute atomic E-state index is 13.5. The summed E-state index contributed by atoms with van der Waals surface area (Å²) in [5.74, 6) is -0.265. The first-order valence-corrected chi connectivity index (χ1v) is 13.7. The third-order valence-corrected chi connectivity index (χ3v) is 8.06. The van der Waals surface area contributed by atoms with E-state index in [-0.39, 0.29) is 15.7 Å². The molecule has 2 amide bonds. The molecule has 3 aromatic carbocycles. The average Bonchev–Trinajstić information content (AvgIpc) is 3.22. The molecule has 1 fully saturated rings. The van der Waals surface area contributed by atoms with Gasteiger partial charge in [-0.05, 0) is 66.8 Å². The van der Waals surface area contributed by atoms with E-state index in [0.29, 0.717) is 15.7 Å². The lowest BCUT2D eigenvalue weighted by molar-refractivity contribution is -0.122. The van der Waals surface area contributed by atoms with E-state index in [1.54, 1.807) is 30.0 Å². The van der Waals surface area contributed by atoms with Crippen LogP contribution in [0.5, 0.6) is 0 Å². The minimum absolute atomic E-state index is 0.0211. The van der Waals surface area contributed by atoms with Gasteiger partial charge in [-0.3, -0.25) is 19.8 Å². The zero-order chi connectivity index (χ0) is 26.1. The van der Waals surface area contributed by atoms with Crippen LogP contribution >= 0.6 is 58.8 Å². The molecule has 1 saturated heterocycles. The predicted octanol–water partition coefficient (Wildman–Crippen LogP) is 7.23. The number of fused-ring (bicyclic) bond motifs is 1. The lowest BCUT2D eigenvalue weighted by atomic mass is 10.1. The van der Waals surface area contributed by atoms with Gasteiger partial charge in [0.2, 0.25) is 0 Å². The van der Waals surface area contributed by atoms with E-state index in [0.717, 1.165) is 33.7 Å². The highest BCUT2D eigenvalue weighted by molar-refractivity contribution is 7.99. The highest BCUT2D eigenvalue weighted by atomic mass is 35.5. The average molecular weight is 587 g/mol. The van der Waals surface area contributed by atoms with Crippen LogP contribution in [0.15, 0.2) is 83.4 Å². The van der Waals surface area contributed by atoms with Gasteiger partial charge in [0, 0.05) is 44.9 Å². The number of halogens is 3. The second-order valence-electron chi connectivity index (χ2n) is 8.15. The number of hydrogen-bond donors (Lipinski definition) is 1. The van der Waals surface area contributed by atoms with E-state index < -0.39 is 11.8 Å². The minimum atomic E-state index is -0.554. The molecule has 0 unspecified atom stereocenters. The molecule has 10 heteroatoms. The fourth-order valence-corrected chi connectivity index (χ4v) is 5.59. The summed E-state index contributed by atoms with van der Waals surface area (Å²) < 4.78 is 2.12. The lowest BCUT2D eigenvalue weighted by Crippen LogP contribution is -2.54. The molecule has 5 nitrogen and oxygen atoms in total. The second kappa shape index (κ2) is 10.9. The monoisotopic (exact) mass is 585 g/mol. The summed E-state index contributed by atoms with van der Waals surface area (Å²) in [7, 11) is 0. The number of rotatable bonds is 6. The number of amides is 2. The van der Waals surface area contributed by atoms with Crippen LogP contribution in [0.2, 0.25) is 15.1 Å². The number of aromatic nitrogens is 1. The standard InChI is InChI=1S/C27H18Cl3N3O2S2/c28-17-5-8-19(9-6-17)37-12-11-32-15-16(20-3-1-2-4-24(20)32)13-21-25(34)31-27(36)33(26(21)35)18-7-10-22(29)23(30)14-18/h1-10,13-15H,11-12H2,(H,31,34,36)/b21-13+. The summed E-state index contributed by atoms with van der Waals surface area (Å²) in [6.07, 6.45) is 3.56. The SMILES string of the molecule is O=C1NC(=S)N(c2ccc(Cl)c(Cl)c2)C(=O)/C1=C/c1cn(CCSc2ccc(Cl)cc2)c2ccccc12. The number of aryl methyl sites for hydroxylation is 1. The molecule has 186 valence electrons. The van der Waals surface area contributed by atoms with E-state index in [1.165, 1.54) is 11.0 Å². The third kappa shape index (κ3) is 5.42. The third-order valence-electron chi connectivity index (χ3n) is 5.80. The molecule has 0 atom stereocenters. The topological polar surface area (TPSA) is 54.3 Å². The van der Waals surface area contributed by atoms with Gasteiger partial charge in [0.15, 0.2) is 5.11 Å². The summed E-state index contributed by atoms with van der Waals surface area (Å²) in [6, 6.07) is 20.3. The smallest absolute Gasteiger partial charge is 0.270 e. The van der Waals surface area contributed by atoms with Crippen LogP contribution in [-0.4, -0.2) is 27.2 Å². The zero-order valence-corrected chi connectivity index (χ0v) is 23.0. The van der Waals surface area contributed by atoms with Crippen molar-refractivity contribution < 1.29 is 9.59 Å². The molecule has 5 rings (SSSR count). The number of carbonyl (C=O) groups is 2. The van der Waals surface area contributed by atoms with Crippen molar-refractivity contribution in [2.45, 2.75) is 11.4 Å². The van der Waals surface area contributed by atoms with E-state index in [2.05, 4.69) is 9.88 Å². The molecule has 2 heterocycles. The van der Waals surface area contributed by atoms with Gasteiger partial charge < -0.3 is 4.57 Å². The van der Waals surface area contributed by atoms with E-state index >= 15 is 0 Å². The Morgan fingerprint density at radius 3 is 2.46 bits per heavy atom. The molecule has 1 N–H and O–H groups in total. The summed E-state index contributed by atoms with van der Waals surface area (Å²) in [6.45, 7) is 0.733. The largest absolute Gasteiger partial charge is 0.346 e. The highest BCUT2D eigenvalue weighted by Crippen LogP contribution is 2.31. The van der Waals surface area contributed by atoms with Crippen LogP contribution in [-0.2, 0) is 16.1 Å². The Balaban J connectivity index is 1.45. The van der Waals surface area contributed by atoms with Crippen molar-refractivity contribution in [3.63, 3.8) is 0 Å². The first kappa shape index (κ1) is 25.8. The van der Waals surface area contributed by atoms with Crippen molar-refractivity contribution in [3.05, 3.63) is 99.1 Å². The maximum atomic E-state index is 13.5. The number of thioether (sulfide) groups is 1. The molecule has 4 aromatic rings. The van der Waals surface area contributed by atoms with Crippen molar-refractivity contribution in [1.82, 2.24) is 9.88 Å². The summed E-state index contributed by atoms with van der Waals surface area (Å²) in [4.78, 5) is 28.7. The molecule has 0 radical (unpaired) electrons. The molecular formula is C27H18Cl3N3O2S2. The lowest BCUT2D eigenvalue weighted by Gasteiger charge is -2.29. The molecule has 0 spiro atoms. The quantitative estimate of drug-likeness (QED) is 0.112. The molecular weight excluding hydrogens is 569 g/mol. The number of nitrogens with one attached hydrogen (secondary N) is 1. The molecule has 37 heavy (non-hydrogen) atoms. The van der Waals surface area contributed by atoms with Crippen molar-refractivity contribution in [2.24, 2.45) is 0 Å². The Morgan fingerprint density at radius 2 is 1.70 bits per heavy atom. The van der Waals surface area contributed by atoms with Gasteiger partial charge in [0.25, 0.3) is 11.8 Å². The highest BCUT2D eigenvalue weighted by Gasteiger charge is 2.35. The van der Waals surface area contributed by atoms with Gasteiger partial charge in [-0.1, -0.05) is 53.0 Å². The Morgan fingerprint density at radius 1 is 0.946 bits per heavy atom. The van der Waals surface area contributed by atoms with Gasteiger partial charge in [0.05, 0.1) is 15.7 Å². The van der Waals surface area contributed by atoms with Crippen molar-refractivity contribution in [3.8, 4) is 0 Å². The number of para-hydroxylation sites is 1. The van der Waals surface area contributed by atoms with Crippen molar-refractivity contribution >= 4 is 98.4 Å². The number of nitrogens with zero attached hydrogens (tertiary/aromatic N) is 2. The van der Waals surface area contributed by atoms with Gasteiger partial charge in [0.1, 0.15) is 5.57 Å². The fraction of sp³-hybridized carbons (Fsp3) is 0.0741. The van der Waals surface area contributed by atoms with Crippen LogP contribution in [0.3, 0.4) is 0 Å². The normalized spacial score (nSPS) is 15.1. The molecule has 0 bridgehead atoms. The fourth-order valence-electron chi connectivity index (χ4n) is 4.04. The summed E-state index contributed by atoms with van der Waals surface area (Å²) in [5.41, 5.74) is 2.15. The number of benzene rings is 3. The minimum Gasteiger partial charge on any atom is -0.346 e. The summed E-state index contributed by atoms with van der Waals surface area (Å²) >= 11 is 25.2. The molecule has 1 aliphatic rings. The Bertz CT molecular complexity index is 1580. The van der Waals surface area contributed by atoms with E-state index in [4.69, 9.17) is 47.0 Å². The summed E-state index contributed by atoms with van der Waals surface area (Å²) in [5, 5.41) is 4.85. The van der Waals surface area contributed by atoms with Crippen LogP contribution in [0.1, 0.15) is 5.56 Å². The van der Waals surface area contributed by atoms with E-state index in [1.807, 2.05) is 54.7 Å². The molecule has 0 aliphatic carbocycles. The van der Waals surface area contributed by atoms with Crippen LogP contribution in [0, 0.1) is 0 Å². The number of anilines is 1. The van der Waals surface area contributed by atoms with Gasteiger partial charge in [-0.15, -0.1) is 11.8 Å². The maximum Gasteiger partial charge on any atom is 0.270 e. The van der Waals surface area contributed by atoms with Crippen LogP contribution < -0.4 is 10.2 Å². The van der Waals surface area contributed by atoms with Crippen LogP contribution in [0.4, 0.5) is 5.69 Å². The number of hydrogen-bond acceptors (Lipinski definition) is 4. The predicted molar refractivity (Wildman–Crippen MR) is 157 cm³/mol. The first-order chi connectivity index (χ1) is 17.8. The number of thiocarbonyl (C=S) groups is 1. The van der Waals surface area contributed by atoms with Crippen molar-refractivity contribution in [2.75, 3.05) is 10.7 Å². The Labute approximate surface area is 238 Å².